The second-order valence-electron chi connectivity index (χ2n) is 3.25. The minimum Gasteiger partial charge on any atom is -0.348 e. The first-order valence-electron chi connectivity index (χ1n) is 4.78. The van der Waals surface area contributed by atoms with Crippen LogP contribution in [-0.4, -0.2) is 10.9 Å². The van der Waals surface area contributed by atoms with Crippen LogP contribution in [0.4, 0.5) is 11.5 Å². The average molecular weight is 200 g/mol. The number of hydrogen-bond acceptors (Lipinski definition) is 1. The summed E-state index contributed by atoms with van der Waals surface area (Å²) in [5.41, 5.74) is 0.868. The summed E-state index contributed by atoms with van der Waals surface area (Å²) in [6.45, 7) is 1.55. The predicted molar refractivity (Wildman–Crippen MR) is 60.1 cm³/mol. The van der Waals surface area contributed by atoms with Gasteiger partial charge in [-0.2, -0.15) is 0 Å². The van der Waals surface area contributed by atoms with E-state index >= 15 is 0 Å². The molecule has 0 spiro atoms. The number of carbonyl (C=O) groups is 1. The van der Waals surface area contributed by atoms with Crippen LogP contribution in [0.25, 0.3) is 0 Å². The van der Waals surface area contributed by atoms with Crippen molar-refractivity contribution in [1.29, 1.82) is 0 Å². The summed E-state index contributed by atoms with van der Waals surface area (Å²) in [5.74, 6) is 0.775. The van der Waals surface area contributed by atoms with E-state index in [2.05, 4.69) is 4.98 Å². The quantitative estimate of drug-likeness (QED) is 0.794. The number of aromatic amines is 1. The number of carbonyl (C=O) groups excluding carboxylic acids is 1. The monoisotopic (exact) mass is 200 g/mol. The molecule has 2 aromatic rings. The molecule has 1 aromatic heterocycles. The Bertz CT molecular complexity index is 434. The largest absolute Gasteiger partial charge is 0.348 e. The Balaban J connectivity index is 2.42. The smallest absolute Gasteiger partial charge is 0.229 e. The third kappa shape index (κ3) is 1.91. The van der Waals surface area contributed by atoms with Gasteiger partial charge in [0.15, 0.2) is 0 Å². The van der Waals surface area contributed by atoms with Crippen LogP contribution in [-0.2, 0) is 4.79 Å². The Morgan fingerprint density at radius 2 is 1.87 bits per heavy atom. The van der Waals surface area contributed by atoms with Crippen molar-refractivity contribution in [3.63, 3.8) is 0 Å². The molecule has 1 N–H and O–H groups in total. The molecule has 1 heterocycles. The number of benzene rings is 1. The van der Waals surface area contributed by atoms with E-state index in [0.717, 1.165) is 11.5 Å². The molecular formula is C12H12N2O. The zero-order valence-corrected chi connectivity index (χ0v) is 8.47. The standard InChI is InChI=1S/C12H12N2O/c1-10(15)14(12-8-5-9-13-12)11-6-3-2-4-7-11/h2-9,13H,1H3. The van der Waals surface area contributed by atoms with Gasteiger partial charge in [0.05, 0.1) is 5.69 Å². The highest BCUT2D eigenvalue weighted by atomic mass is 16.2. The Morgan fingerprint density at radius 1 is 1.13 bits per heavy atom. The van der Waals surface area contributed by atoms with Crippen LogP contribution < -0.4 is 4.90 Å². The van der Waals surface area contributed by atoms with Gasteiger partial charge >= 0.3 is 0 Å². The van der Waals surface area contributed by atoms with Crippen molar-refractivity contribution in [1.82, 2.24) is 4.98 Å². The van der Waals surface area contributed by atoms with Gasteiger partial charge < -0.3 is 4.98 Å². The number of H-pyrrole nitrogens is 1. The lowest BCUT2D eigenvalue weighted by Crippen LogP contribution is -2.22. The molecule has 0 fully saturated rings. The van der Waals surface area contributed by atoms with E-state index < -0.39 is 0 Å². The molecule has 0 saturated carbocycles. The predicted octanol–water partition coefficient (Wildman–Crippen LogP) is 2.70. The van der Waals surface area contributed by atoms with Gasteiger partial charge in [0, 0.05) is 13.1 Å². The fraction of sp³-hybridized carbons (Fsp3) is 0.0833. The molecule has 76 valence electrons. The van der Waals surface area contributed by atoms with Crippen molar-refractivity contribution in [2.75, 3.05) is 4.90 Å². The fourth-order valence-corrected chi connectivity index (χ4v) is 1.53. The number of rotatable bonds is 2. The van der Waals surface area contributed by atoms with Crippen LogP contribution in [0, 0.1) is 0 Å². The minimum absolute atomic E-state index is 0.0105. The highest BCUT2D eigenvalue weighted by Crippen LogP contribution is 2.22. The summed E-state index contributed by atoms with van der Waals surface area (Å²) in [7, 11) is 0. The maximum atomic E-state index is 11.5. The molecule has 0 aliphatic rings. The normalized spacial score (nSPS) is 9.93. The van der Waals surface area contributed by atoms with Gasteiger partial charge in [0.2, 0.25) is 5.91 Å². The number of nitrogens with zero attached hydrogens (tertiary/aromatic N) is 1. The van der Waals surface area contributed by atoms with Gasteiger partial charge in [-0.3, -0.25) is 9.69 Å². The summed E-state index contributed by atoms with van der Waals surface area (Å²) < 4.78 is 0. The lowest BCUT2D eigenvalue weighted by atomic mass is 10.3. The van der Waals surface area contributed by atoms with E-state index in [1.807, 2.05) is 42.5 Å². The van der Waals surface area contributed by atoms with E-state index in [0.29, 0.717) is 0 Å². The Hall–Kier alpha value is -2.03. The average Bonchev–Trinajstić information content (AvgIpc) is 2.72. The number of hydrogen-bond donors (Lipinski definition) is 1. The molecule has 0 atom stereocenters. The molecule has 15 heavy (non-hydrogen) atoms. The number of para-hydroxylation sites is 1. The van der Waals surface area contributed by atoms with Crippen molar-refractivity contribution < 1.29 is 4.79 Å². The second kappa shape index (κ2) is 4.00. The van der Waals surface area contributed by atoms with E-state index in [9.17, 15) is 4.79 Å². The lowest BCUT2D eigenvalue weighted by Gasteiger charge is -2.19. The second-order valence-corrected chi connectivity index (χ2v) is 3.25. The first-order valence-corrected chi connectivity index (χ1v) is 4.78. The number of amides is 1. The third-order valence-corrected chi connectivity index (χ3v) is 2.15. The SMILES string of the molecule is CC(=O)N(c1ccccc1)c1ccc[nH]1. The highest BCUT2D eigenvalue weighted by molar-refractivity contribution is 5.98. The molecular weight excluding hydrogens is 188 g/mol. The molecule has 1 aromatic carbocycles. The summed E-state index contributed by atoms with van der Waals surface area (Å²) in [5, 5.41) is 0. The number of anilines is 2. The van der Waals surface area contributed by atoms with Gasteiger partial charge in [-0.25, -0.2) is 0 Å². The third-order valence-electron chi connectivity index (χ3n) is 2.15. The van der Waals surface area contributed by atoms with Crippen LogP contribution in [0.15, 0.2) is 48.7 Å². The van der Waals surface area contributed by atoms with Gasteiger partial charge in [0.25, 0.3) is 0 Å². The topological polar surface area (TPSA) is 36.1 Å². The summed E-state index contributed by atoms with van der Waals surface area (Å²) in [6.07, 6.45) is 1.80. The minimum atomic E-state index is -0.0105. The van der Waals surface area contributed by atoms with Crippen molar-refractivity contribution >= 4 is 17.4 Å². The van der Waals surface area contributed by atoms with E-state index in [1.165, 1.54) is 0 Å². The fourth-order valence-electron chi connectivity index (χ4n) is 1.53. The Morgan fingerprint density at radius 3 is 2.40 bits per heavy atom. The van der Waals surface area contributed by atoms with Crippen LogP contribution in [0.5, 0.6) is 0 Å². The molecule has 0 unspecified atom stereocenters. The summed E-state index contributed by atoms with van der Waals surface area (Å²) in [4.78, 5) is 16.2. The Labute approximate surface area is 88.3 Å². The first-order chi connectivity index (χ1) is 7.29. The molecule has 1 amide bonds. The molecule has 3 nitrogen and oxygen atoms in total. The molecule has 0 radical (unpaired) electrons. The molecule has 3 heteroatoms. The van der Waals surface area contributed by atoms with Gasteiger partial charge in [-0.15, -0.1) is 0 Å². The number of aromatic nitrogens is 1. The summed E-state index contributed by atoms with van der Waals surface area (Å²) in [6, 6.07) is 13.3. The van der Waals surface area contributed by atoms with Gasteiger partial charge in [-0.1, -0.05) is 18.2 Å². The van der Waals surface area contributed by atoms with Crippen LogP contribution in [0.3, 0.4) is 0 Å². The van der Waals surface area contributed by atoms with Crippen molar-refractivity contribution in [3.05, 3.63) is 48.7 Å². The van der Waals surface area contributed by atoms with Crippen LogP contribution in [0.2, 0.25) is 0 Å². The lowest BCUT2D eigenvalue weighted by molar-refractivity contribution is -0.115. The highest BCUT2D eigenvalue weighted by Gasteiger charge is 2.13. The molecule has 2 rings (SSSR count). The molecule has 0 bridgehead atoms. The summed E-state index contributed by atoms with van der Waals surface area (Å²) >= 11 is 0. The van der Waals surface area contributed by atoms with Crippen LogP contribution in [0.1, 0.15) is 6.92 Å². The first kappa shape index (κ1) is 9.52. The molecule has 0 saturated heterocycles. The van der Waals surface area contributed by atoms with Crippen LogP contribution >= 0.6 is 0 Å². The maximum Gasteiger partial charge on any atom is 0.229 e. The Kier molecular flexibility index (Phi) is 2.54. The van der Waals surface area contributed by atoms with Crippen molar-refractivity contribution in [3.8, 4) is 0 Å². The van der Waals surface area contributed by atoms with E-state index in [-0.39, 0.29) is 5.91 Å². The molecule has 0 aliphatic heterocycles. The maximum absolute atomic E-state index is 11.5. The molecule has 0 aliphatic carbocycles. The van der Waals surface area contributed by atoms with Gasteiger partial charge in [0.1, 0.15) is 5.82 Å². The zero-order chi connectivity index (χ0) is 10.7. The van der Waals surface area contributed by atoms with Crippen molar-refractivity contribution in [2.45, 2.75) is 6.92 Å². The van der Waals surface area contributed by atoms with Crippen molar-refractivity contribution in [2.24, 2.45) is 0 Å². The van der Waals surface area contributed by atoms with Gasteiger partial charge in [-0.05, 0) is 24.3 Å². The number of nitrogens with one attached hydrogen (secondary N) is 1. The van der Waals surface area contributed by atoms with E-state index in [4.69, 9.17) is 0 Å². The van der Waals surface area contributed by atoms with E-state index in [1.54, 1.807) is 18.0 Å². The zero-order valence-electron chi connectivity index (χ0n) is 8.47.